The van der Waals surface area contributed by atoms with Gasteiger partial charge in [0.25, 0.3) is 0 Å². The van der Waals surface area contributed by atoms with Crippen LogP contribution in [-0.4, -0.2) is 70.5 Å². The maximum Gasteiger partial charge on any atom is 0.329 e. The van der Waals surface area contributed by atoms with Crippen molar-refractivity contribution in [2.45, 2.75) is 37.8 Å². The van der Waals surface area contributed by atoms with Crippen LogP contribution in [0.1, 0.15) is 25.7 Å². The van der Waals surface area contributed by atoms with E-state index in [1.54, 1.807) is 0 Å². The highest BCUT2D eigenvalue weighted by atomic mass is 16.6. The van der Waals surface area contributed by atoms with Crippen molar-refractivity contribution in [2.24, 2.45) is 0 Å². The van der Waals surface area contributed by atoms with Crippen molar-refractivity contribution >= 4 is 23.4 Å². The zero-order chi connectivity index (χ0) is 18.1. The van der Waals surface area contributed by atoms with Gasteiger partial charge < -0.3 is 15.5 Å². The predicted molar refractivity (Wildman–Crippen MR) is 95.1 cm³/mol. The average molecular weight is 361 g/mol. The van der Waals surface area contributed by atoms with Gasteiger partial charge in [-0.1, -0.05) is 0 Å². The van der Waals surface area contributed by atoms with Crippen LogP contribution in [0.4, 0.5) is 17.5 Å². The fraction of sp³-hybridized carbons (Fsp3) is 0.688. The molecule has 3 fully saturated rings. The van der Waals surface area contributed by atoms with E-state index in [0.717, 1.165) is 38.8 Å². The lowest BCUT2D eigenvalue weighted by Crippen LogP contribution is -2.50. The number of carbonyl (C=O) groups is 1. The number of nitro groups is 1. The molecule has 1 amide bonds. The second-order valence-corrected chi connectivity index (χ2v) is 7.18. The van der Waals surface area contributed by atoms with Gasteiger partial charge in [-0.3, -0.25) is 19.8 Å². The highest BCUT2D eigenvalue weighted by molar-refractivity contribution is 5.78. The standard InChI is InChI=1S/C16H23N7O3/c24-14(18-11-1-2-11)10-21-5-7-22(8-6-21)16-17-9-13(23(25)26)15(20-16)19-12-3-4-12/h9,11-12H,1-8,10H2,(H,18,24)(H,17,19,20). The van der Waals surface area contributed by atoms with Gasteiger partial charge >= 0.3 is 5.69 Å². The maximum absolute atomic E-state index is 11.9. The summed E-state index contributed by atoms with van der Waals surface area (Å²) in [7, 11) is 0. The van der Waals surface area contributed by atoms with E-state index in [2.05, 4.69) is 25.5 Å². The van der Waals surface area contributed by atoms with E-state index in [1.165, 1.54) is 6.20 Å². The van der Waals surface area contributed by atoms with E-state index in [9.17, 15) is 14.9 Å². The molecule has 140 valence electrons. The molecule has 1 aliphatic heterocycles. The van der Waals surface area contributed by atoms with Crippen LogP contribution < -0.4 is 15.5 Å². The van der Waals surface area contributed by atoms with E-state index in [0.29, 0.717) is 37.4 Å². The molecule has 0 bridgehead atoms. The van der Waals surface area contributed by atoms with Gasteiger partial charge in [-0.2, -0.15) is 4.98 Å². The van der Waals surface area contributed by atoms with Crippen molar-refractivity contribution in [3.63, 3.8) is 0 Å². The summed E-state index contributed by atoms with van der Waals surface area (Å²) in [4.78, 5) is 35.3. The Bertz CT molecular complexity index is 697. The Kier molecular flexibility index (Phi) is 4.58. The Hall–Kier alpha value is -2.49. The van der Waals surface area contributed by atoms with Gasteiger partial charge in [0.15, 0.2) is 0 Å². The fourth-order valence-corrected chi connectivity index (χ4v) is 2.99. The molecule has 2 N–H and O–H groups in total. The molecule has 0 radical (unpaired) electrons. The van der Waals surface area contributed by atoms with Crippen molar-refractivity contribution in [1.82, 2.24) is 20.2 Å². The number of hydrogen-bond acceptors (Lipinski definition) is 8. The molecule has 26 heavy (non-hydrogen) atoms. The Morgan fingerprint density at radius 1 is 1.19 bits per heavy atom. The molecule has 10 heteroatoms. The smallest absolute Gasteiger partial charge is 0.329 e. The number of hydrogen-bond donors (Lipinski definition) is 2. The summed E-state index contributed by atoms with van der Waals surface area (Å²) in [6.45, 7) is 3.28. The van der Waals surface area contributed by atoms with Crippen molar-refractivity contribution < 1.29 is 9.72 Å². The third kappa shape index (κ3) is 4.18. The van der Waals surface area contributed by atoms with E-state index in [1.807, 2.05) is 4.90 Å². The number of amides is 1. The Morgan fingerprint density at radius 3 is 2.50 bits per heavy atom. The first-order valence-electron chi connectivity index (χ1n) is 9.13. The SMILES string of the molecule is O=C(CN1CCN(c2ncc([N+](=O)[O-])c(NC3CC3)n2)CC1)NC1CC1. The molecule has 2 heterocycles. The first-order chi connectivity index (χ1) is 12.6. The number of aromatic nitrogens is 2. The fourth-order valence-electron chi connectivity index (χ4n) is 2.99. The molecule has 2 saturated carbocycles. The Labute approximate surface area is 151 Å². The first-order valence-corrected chi connectivity index (χ1v) is 9.13. The van der Waals surface area contributed by atoms with Crippen LogP contribution in [0.15, 0.2) is 6.20 Å². The quantitative estimate of drug-likeness (QED) is 0.528. The summed E-state index contributed by atoms with van der Waals surface area (Å²) in [5.41, 5.74) is -0.0870. The monoisotopic (exact) mass is 361 g/mol. The van der Waals surface area contributed by atoms with Crippen LogP contribution in [0, 0.1) is 10.1 Å². The highest BCUT2D eigenvalue weighted by Crippen LogP contribution is 2.30. The van der Waals surface area contributed by atoms with Gasteiger partial charge in [-0.05, 0) is 25.7 Å². The topological polar surface area (TPSA) is 117 Å². The molecule has 10 nitrogen and oxygen atoms in total. The number of nitrogens with one attached hydrogen (secondary N) is 2. The van der Waals surface area contributed by atoms with E-state index in [-0.39, 0.29) is 17.6 Å². The molecule has 1 aromatic rings. The number of carbonyl (C=O) groups excluding carboxylic acids is 1. The van der Waals surface area contributed by atoms with Crippen LogP contribution in [0.5, 0.6) is 0 Å². The van der Waals surface area contributed by atoms with Gasteiger partial charge in [-0.15, -0.1) is 0 Å². The van der Waals surface area contributed by atoms with Crippen LogP contribution in [0.2, 0.25) is 0 Å². The van der Waals surface area contributed by atoms with Crippen LogP contribution in [0.3, 0.4) is 0 Å². The highest BCUT2D eigenvalue weighted by Gasteiger charge is 2.29. The second-order valence-electron chi connectivity index (χ2n) is 7.18. The normalized spacial score (nSPS) is 20.7. The summed E-state index contributed by atoms with van der Waals surface area (Å²) >= 11 is 0. The van der Waals surface area contributed by atoms with Gasteiger partial charge in [0.1, 0.15) is 6.20 Å². The molecule has 1 saturated heterocycles. The maximum atomic E-state index is 11.9. The van der Waals surface area contributed by atoms with Crippen molar-refractivity contribution in [2.75, 3.05) is 42.9 Å². The number of piperazine rings is 1. The summed E-state index contributed by atoms with van der Waals surface area (Å²) in [5.74, 6) is 0.887. The molecule has 3 aliphatic rings. The van der Waals surface area contributed by atoms with Crippen LogP contribution >= 0.6 is 0 Å². The zero-order valence-electron chi connectivity index (χ0n) is 14.6. The molecule has 0 spiro atoms. The minimum atomic E-state index is -0.453. The minimum Gasteiger partial charge on any atom is -0.361 e. The van der Waals surface area contributed by atoms with E-state index >= 15 is 0 Å². The number of nitrogens with zero attached hydrogens (tertiary/aromatic N) is 5. The largest absolute Gasteiger partial charge is 0.361 e. The predicted octanol–water partition coefficient (Wildman–Crippen LogP) is 0.360. The lowest BCUT2D eigenvalue weighted by molar-refractivity contribution is -0.384. The molecule has 4 rings (SSSR count). The summed E-state index contributed by atoms with van der Waals surface area (Å²) in [6, 6.07) is 0.660. The van der Waals surface area contributed by atoms with Crippen molar-refractivity contribution in [1.29, 1.82) is 0 Å². The van der Waals surface area contributed by atoms with Crippen molar-refractivity contribution in [3.05, 3.63) is 16.3 Å². The lowest BCUT2D eigenvalue weighted by atomic mass is 10.3. The lowest BCUT2D eigenvalue weighted by Gasteiger charge is -2.34. The number of rotatable bonds is 7. The number of anilines is 2. The molecule has 0 aromatic carbocycles. The summed E-state index contributed by atoms with van der Waals surface area (Å²) in [5, 5.41) is 17.3. The third-order valence-electron chi connectivity index (χ3n) is 4.84. The van der Waals surface area contributed by atoms with Gasteiger partial charge in [0, 0.05) is 38.3 Å². The van der Waals surface area contributed by atoms with Gasteiger partial charge in [0.05, 0.1) is 11.5 Å². The minimum absolute atomic E-state index is 0.0865. The van der Waals surface area contributed by atoms with E-state index in [4.69, 9.17) is 0 Å². The summed E-state index contributed by atoms with van der Waals surface area (Å²) < 4.78 is 0. The summed E-state index contributed by atoms with van der Waals surface area (Å²) in [6.07, 6.45) is 5.49. The molecular formula is C16H23N7O3. The molecule has 1 aromatic heterocycles. The van der Waals surface area contributed by atoms with E-state index < -0.39 is 4.92 Å². The van der Waals surface area contributed by atoms with Gasteiger partial charge in [0.2, 0.25) is 17.7 Å². The molecule has 0 atom stereocenters. The molecule has 0 unspecified atom stereocenters. The van der Waals surface area contributed by atoms with Crippen LogP contribution in [-0.2, 0) is 4.79 Å². The Balaban J connectivity index is 1.35. The Morgan fingerprint density at radius 2 is 1.88 bits per heavy atom. The first kappa shape index (κ1) is 17.0. The van der Waals surface area contributed by atoms with Gasteiger partial charge in [-0.25, -0.2) is 4.98 Å². The molecular weight excluding hydrogens is 338 g/mol. The average Bonchev–Trinajstić information content (AvgIpc) is 3.52. The third-order valence-corrected chi connectivity index (χ3v) is 4.84. The second kappa shape index (κ2) is 7.02. The zero-order valence-corrected chi connectivity index (χ0v) is 14.6. The van der Waals surface area contributed by atoms with Crippen LogP contribution in [0.25, 0.3) is 0 Å². The van der Waals surface area contributed by atoms with Crippen molar-refractivity contribution in [3.8, 4) is 0 Å². The molecule has 2 aliphatic carbocycles.